The average molecular weight is 409 g/mol. The Morgan fingerprint density at radius 2 is 2.28 bits per heavy atom. The fourth-order valence-electron chi connectivity index (χ4n) is 2.59. The Morgan fingerprint density at radius 1 is 1.48 bits per heavy atom. The summed E-state index contributed by atoms with van der Waals surface area (Å²) in [5, 5.41) is 3.05. The molecule has 0 fully saturated rings. The Morgan fingerprint density at radius 3 is 2.92 bits per heavy atom. The molecule has 0 spiro atoms. The largest absolute Gasteiger partial charge is 0.480 e. The van der Waals surface area contributed by atoms with Crippen molar-refractivity contribution in [3.8, 4) is 5.88 Å². The molecular weight excluding hydrogens is 392 g/mol. The summed E-state index contributed by atoms with van der Waals surface area (Å²) >= 11 is 3.43. The summed E-state index contributed by atoms with van der Waals surface area (Å²) in [7, 11) is 3.38. The van der Waals surface area contributed by atoms with Crippen LogP contribution in [0.15, 0.2) is 27.4 Å². The third-order valence-corrected chi connectivity index (χ3v) is 4.30. The Labute approximate surface area is 152 Å². The minimum atomic E-state index is -0.436. The molecule has 0 aromatic carbocycles. The molecule has 0 saturated heterocycles. The van der Waals surface area contributed by atoms with E-state index in [0.717, 1.165) is 5.52 Å². The second-order valence-electron chi connectivity index (χ2n) is 5.14. The van der Waals surface area contributed by atoms with Crippen molar-refractivity contribution < 1.29 is 18.7 Å². The van der Waals surface area contributed by atoms with Crippen LogP contribution < -0.4 is 10.1 Å². The van der Waals surface area contributed by atoms with E-state index in [-0.39, 0.29) is 6.61 Å². The number of pyridine rings is 1. The van der Waals surface area contributed by atoms with E-state index in [9.17, 15) is 4.79 Å². The molecule has 3 rings (SSSR count). The standard InChI is InChI=1S/C16H17BrN4O4/c1-4-24-15(22)12-11(8-19-16-18-5-6-25-16)21(2)10-7-9(17)14(23-3)20-13(10)12/h5-7H,4,8H2,1-3H3,(H,18,19). The number of hydrogen-bond donors (Lipinski definition) is 1. The molecule has 9 heteroatoms. The van der Waals surface area contributed by atoms with Crippen molar-refractivity contribution in [1.29, 1.82) is 0 Å². The van der Waals surface area contributed by atoms with E-state index in [2.05, 4.69) is 31.2 Å². The van der Waals surface area contributed by atoms with Crippen LogP contribution in [0.2, 0.25) is 0 Å². The van der Waals surface area contributed by atoms with Gasteiger partial charge in [-0.05, 0) is 28.9 Å². The fourth-order valence-corrected chi connectivity index (χ4v) is 3.06. The van der Waals surface area contributed by atoms with Gasteiger partial charge in [0.2, 0.25) is 5.88 Å². The molecule has 0 radical (unpaired) electrons. The number of ether oxygens (including phenoxy) is 2. The number of nitrogens with one attached hydrogen (secondary N) is 1. The molecule has 132 valence electrons. The van der Waals surface area contributed by atoms with Gasteiger partial charge < -0.3 is 23.8 Å². The lowest BCUT2D eigenvalue weighted by Crippen LogP contribution is -2.12. The Balaban J connectivity index is 2.13. The number of carbonyl (C=O) groups excluding carboxylic acids is 1. The molecule has 0 bridgehead atoms. The monoisotopic (exact) mass is 408 g/mol. The number of oxazole rings is 1. The number of aryl methyl sites for hydroxylation is 1. The summed E-state index contributed by atoms with van der Waals surface area (Å²) in [5.41, 5.74) is 2.40. The van der Waals surface area contributed by atoms with Gasteiger partial charge in [-0.1, -0.05) is 0 Å². The predicted octanol–water partition coefficient (Wildman–Crippen LogP) is 3.12. The average Bonchev–Trinajstić information content (AvgIpc) is 3.19. The van der Waals surface area contributed by atoms with Crippen molar-refractivity contribution in [3.05, 3.63) is 34.3 Å². The SMILES string of the molecule is CCOC(=O)c1c(CNc2ncco2)n(C)c2cc(Br)c(OC)nc12. The summed E-state index contributed by atoms with van der Waals surface area (Å²) in [6.07, 6.45) is 3.01. The molecule has 0 saturated carbocycles. The van der Waals surface area contributed by atoms with Crippen LogP contribution >= 0.6 is 15.9 Å². The number of carbonyl (C=O) groups is 1. The normalized spacial score (nSPS) is 10.9. The molecular formula is C16H17BrN4O4. The van der Waals surface area contributed by atoms with E-state index in [1.54, 1.807) is 13.1 Å². The summed E-state index contributed by atoms with van der Waals surface area (Å²) in [4.78, 5) is 21.0. The van der Waals surface area contributed by atoms with Gasteiger partial charge >= 0.3 is 5.97 Å². The first kappa shape index (κ1) is 17.3. The molecule has 0 unspecified atom stereocenters. The third-order valence-electron chi connectivity index (χ3n) is 3.73. The zero-order valence-electron chi connectivity index (χ0n) is 14.0. The quantitative estimate of drug-likeness (QED) is 0.626. The van der Waals surface area contributed by atoms with Crippen molar-refractivity contribution in [2.24, 2.45) is 7.05 Å². The van der Waals surface area contributed by atoms with Crippen molar-refractivity contribution >= 4 is 38.9 Å². The molecule has 3 heterocycles. The highest BCUT2D eigenvalue weighted by atomic mass is 79.9. The van der Waals surface area contributed by atoms with Gasteiger partial charge in [-0.25, -0.2) is 14.8 Å². The first-order valence-corrected chi connectivity index (χ1v) is 8.38. The van der Waals surface area contributed by atoms with Crippen LogP contribution in [0.4, 0.5) is 6.01 Å². The summed E-state index contributed by atoms with van der Waals surface area (Å²) in [5.74, 6) is -0.0370. The van der Waals surface area contributed by atoms with Gasteiger partial charge in [0.05, 0.1) is 42.1 Å². The molecule has 25 heavy (non-hydrogen) atoms. The number of anilines is 1. The molecule has 1 N–H and O–H groups in total. The molecule has 0 aliphatic carbocycles. The van der Waals surface area contributed by atoms with Crippen LogP contribution in [-0.4, -0.2) is 34.2 Å². The zero-order valence-corrected chi connectivity index (χ0v) is 15.6. The van der Waals surface area contributed by atoms with Crippen molar-refractivity contribution in [2.45, 2.75) is 13.5 Å². The number of rotatable bonds is 6. The van der Waals surface area contributed by atoms with Crippen LogP contribution in [0.3, 0.4) is 0 Å². The Bertz CT molecular complexity index is 905. The van der Waals surface area contributed by atoms with Crippen LogP contribution in [0.5, 0.6) is 5.88 Å². The van der Waals surface area contributed by atoms with E-state index in [1.165, 1.54) is 13.4 Å². The lowest BCUT2D eigenvalue weighted by atomic mass is 10.2. The Kier molecular flexibility index (Phi) is 4.93. The second-order valence-corrected chi connectivity index (χ2v) is 5.99. The van der Waals surface area contributed by atoms with Crippen LogP contribution in [0.25, 0.3) is 11.0 Å². The number of halogens is 1. The molecule has 3 aromatic heterocycles. The summed E-state index contributed by atoms with van der Waals surface area (Å²) in [6, 6.07) is 2.23. The molecule has 0 aliphatic heterocycles. The highest BCUT2D eigenvalue weighted by Gasteiger charge is 2.25. The van der Waals surface area contributed by atoms with E-state index in [4.69, 9.17) is 13.9 Å². The van der Waals surface area contributed by atoms with Gasteiger partial charge in [-0.2, -0.15) is 0 Å². The zero-order chi connectivity index (χ0) is 18.0. The first-order valence-electron chi connectivity index (χ1n) is 7.59. The second kappa shape index (κ2) is 7.14. The van der Waals surface area contributed by atoms with Gasteiger partial charge in [0.25, 0.3) is 6.01 Å². The van der Waals surface area contributed by atoms with Crippen molar-refractivity contribution in [3.63, 3.8) is 0 Å². The maximum absolute atomic E-state index is 12.5. The van der Waals surface area contributed by atoms with E-state index in [1.807, 2.05) is 17.7 Å². The molecule has 3 aromatic rings. The highest BCUT2D eigenvalue weighted by Crippen LogP contribution is 2.32. The topological polar surface area (TPSA) is 91.4 Å². The number of nitrogens with zero attached hydrogens (tertiary/aromatic N) is 3. The van der Waals surface area contributed by atoms with E-state index >= 15 is 0 Å². The fraction of sp³-hybridized carbons (Fsp3) is 0.312. The van der Waals surface area contributed by atoms with Gasteiger partial charge in [0, 0.05) is 7.05 Å². The van der Waals surface area contributed by atoms with E-state index < -0.39 is 5.97 Å². The predicted molar refractivity (Wildman–Crippen MR) is 94.8 cm³/mol. The maximum Gasteiger partial charge on any atom is 0.342 e. The number of esters is 1. The van der Waals surface area contributed by atoms with Crippen molar-refractivity contribution in [1.82, 2.24) is 14.5 Å². The van der Waals surface area contributed by atoms with Gasteiger partial charge in [0.1, 0.15) is 17.3 Å². The molecule has 0 atom stereocenters. The van der Waals surface area contributed by atoms with Gasteiger partial charge in [0.15, 0.2) is 0 Å². The highest BCUT2D eigenvalue weighted by molar-refractivity contribution is 9.10. The molecule has 0 amide bonds. The van der Waals surface area contributed by atoms with Gasteiger partial charge in [-0.3, -0.25) is 0 Å². The smallest absolute Gasteiger partial charge is 0.342 e. The number of methoxy groups -OCH3 is 1. The van der Waals surface area contributed by atoms with E-state index in [0.29, 0.717) is 39.7 Å². The minimum absolute atomic E-state index is 0.273. The number of fused-ring (bicyclic) bond motifs is 1. The lowest BCUT2D eigenvalue weighted by Gasteiger charge is -2.07. The first-order chi connectivity index (χ1) is 12.1. The Hall–Kier alpha value is -2.55. The lowest BCUT2D eigenvalue weighted by molar-refractivity contribution is 0.0527. The van der Waals surface area contributed by atoms with Gasteiger partial charge in [-0.15, -0.1) is 0 Å². The number of hydrogen-bond acceptors (Lipinski definition) is 7. The molecule has 0 aliphatic rings. The van der Waals surface area contributed by atoms with Crippen LogP contribution in [0, 0.1) is 0 Å². The number of aromatic nitrogens is 3. The van der Waals surface area contributed by atoms with Crippen LogP contribution in [0.1, 0.15) is 23.0 Å². The van der Waals surface area contributed by atoms with Crippen molar-refractivity contribution in [2.75, 3.05) is 19.0 Å². The van der Waals surface area contributed by atoms with Crippen LogP contribution in [-0.2, 0) is 18.3 Å². The minimum Gasteiger partial charge on any atom is -0.480 e. The summed E-state index contributed by atoms with van der Waals surface area (Å²) in [6.45, 7) is 2.36. The third kappa shape index (κ3) is 3.19. The maximum atomic E-state index is 12.5. The summed E-state index contributed by atoms with van der Waals surface area (Å²) < 4.78 is 18.2. The molecule has 8 nitrogen and oxygen atoms in total.